The Hall–Kier alpha value is -4.30. The smallest absolute Gasteiger partial charge is 0.262 e. The summed E-state index contributed by atoms with van der Waals surface area (Å²) in [6, 6.07) is 14.7. The fourth-order valence-electron chi connectivity index (χ4n) is 3.75. The number of rotatable bonds is 8. The van der Waals surface area contributed by atoms with Crippen LogP contribution in [0.4, 0.5) is 5.69 Å². The van der Waals surface area contributed by atoms with Crippen molar-refractivity contribution in [2.24, 2.45) is 0 Å². The molecule has 0 aliphatic rings. The molecule has 0 atom stereocenters. The molecule has 1 aromatic heterocycles. The summed E-state index contributed by atoms with van der Waals surface area (Å²) in [5.74, 6) is 0.213. The van der Waals surface area contributed by atoms with Crippen LogP contribution in [0.2, 0.25) is 5.02 Å². The highest BCUT2D eigenvalue weighted by Crippen LogP contribution is 2.37. The van der Waals surface area contributed by atoms with Crippen LogP contribution in [-0.2, 0) is 4.79 Å². The highest BCUT2D eigenvalue weighted by molar-refractivity contribution is 6.32. The van der Waals surface area contributed by atoms with Gasteiger partial charge in [-0.25, -0.2) is 0 Å². The largest absolute Gasteiger partial charge is 0.493 e. The molecule has 0 fully saturated rings. The maximum atomic E-state index is 13.5. The number of anilines is 1. The lowest BCUT2D eigenvalue weighted by Gasteiger charge is -2.14. The Kier molecular flexibility index (Phi) is 7.50. The Labute approximate surface area is 217 Å². The van der Waals surface area contributed by atoms with E-state index in [1.165, 1.54) is 27.2 Å². The number of carbonyl (C=O) groups excluding carboxylic acids is 2. The minimum Gasteiger partial charge on any atom is -0.493 e. The van der Waals surface area contributed by atoms with Crippen LogP contribution in [0, 0.1) is 6.92 Å². The number of hydrogen-bond acceptors (Lipinski definition) is 7. The van der Waals surface area contributed by atoms with Crippen molar-refractivity contribution < 1.29 is 28.2 Å². The molecule has 0 aliphatic heterocycles. The topological polar surface area (TPSA) is 104 Å². The molecule has 1 heterocycles. The molecule has 0 unspecified atom stereocenters. The van der Waals surface area contributed by atoms with Crippen molar-refractivity contribution in [3.63, 3.8) is 0 Å². The van der Waals surface area contributed by atoms with Gasteiger partial charge < -0.3 is 23.9 Å². The molecule has 0 radical (unpaired) electrons. The van der Waals surface area contributed by atoms with Gasteiger partial charge >= 0.3 is 0 Å². The number of carbonyl (C=O) groups is 2. The first-order valence-electron chi connectivity index (χ1n) is 11.2. The number of fused-ring (bicyclic) bond motifs is 1. The van der Waals surface area contributed by atoms with Crippen LogP contribution in [-0.4, -0.2) is 32.5 Å². The van der Waals surface area contributed by atoms with Crippen molar-refractivity contribution in [1.82, 2.24) is 0 Å². The normalized spacial score (nSPS) is 10.7. The molecule has 4 aromatic rings. The molecule has 3 aromatic carbocycles. The maximum Gasteiger partial charge on any atom is 0.262 e. The highest BCUT2D eigenvalue weighted by Gasteiger charge is 2.21. The second-order valence-corrected chi connectivity index (χ2v) is 8.64. The predicted octanol–water partition coefficient (Wildman–Crippen LogP) is 5.66. The standard InChI is InChI=1S/C28H24ClNO7/c1-15-10-23-20(13-21(15)29)26(33)28(27(37-23)18-8-9-22(34-3)24(12-18)35-4)36-14-25(32)30-19-7-5-6-17(11-19)16(2)31/h5-13H,14H2,1-4H3,(H,30,32). The third kappa shape index (κ3) is 5.44. The number of halogens is 1. The number of ketones is 1. The zero-order valence-electron chi connectivity index (χ0n) is 20.6. The summed E-state index contributed by atoms with van der Waals surface area (Å²) >= 11 is 6.25. The van der Waals surface area contributed by atoms with Crippen LogP contribution >= 0.6 is 11.6 Å². The van der Waals surface area contributed by atoms with Crippen molar-refractivity contribution >= 4 is 39.9 Å². The van der Waals surface area contributed by atoms with Crippen molar-refractivity contribution in [2.75, 3.05) is 26.1 Å². The quantitative estimate of drug-likeness (QED) is 0.298. The molecule has 0 aliphatic carbocycles. The van der Waals surface area contributed by atoms with Crippen molar-refractivity contribution in [3.05, 3.63) is 81.0 Å². The number of Topliss-reactive ketones (excluding diaryl/α,β-unsaturated/α-hetero) is 1. The third-order valence-corrected chi connectivity index (χ3v) is 6.08. The van der Waals surface area contributed by atoms with Gasteiger partial charge in [-0.05, 0) is 61.9 Å². The maximum absolute atomic E-state index is 13.5. The first-order valence-corrected chi connectivity index (χ1v) is 11.6. The molecule has 0 saturated heterocycles. The molecule has 190 valence electrons. The monoisotopic (exact) mass is 521 g/mol. The molecule has 1 N–H and O–H groups in total. The van der Waals surface area contributed by atoms with Gasteiger partial charge in [0.15, 0.2) is 29.6 Å². The first-order chi connectivity index (χ1) is 17.7. The lowest BCUT2D eigenvalue weighted by Crippen LogP contribution is -2.22. The molecule has 4 rings (SSSR count). The summed E-state index contributed by atoms with van der Waals surface area (Å²) in [4.78, 5) is 37.8. The van der Waals surface area contributed by atoms with Gasteiger partial charge in [-0.3, -0.25) is 14.4 Å². The number of methoxy groups -OCH3 is 2. The van der Waals surface area contributed by atoms with Gasteiger partial charge in [0, 0.05) is 21.8 Å². The van der Waals surface area contributed by atoms with Gasteiger partial charge in [0.25, 0.3) is 5.91 Å². The fourth-order valence-corrected chi connectivity index (χ4v) is 3.91. The molecule has 9 heteroatoms. The number of amides is 1. The molecule has 0 bridgehead atoms. The third-order valence-electron chi connectivity index (χ3n) is 5.68. The summed E-state index contributed by atoms with van der Waals surface area (Å²) in [7, 11) is 3.01. The average molecular weight is 522 g/mol. The van der Waals surface area contributed by atoms with Crippen molar-refractivity contribution in [2.45, 2.75) is 13.8 Å². The number of ether oxygens (including phenoxy) is 3. The fraction of sp³-hybridized carbons (Fsp3) is 0.179. The van der Waals surface area contributed by atoms with Gasteiger partial charge in [-0.2, -0.15) is 0 Å². The SMILES string of the molecule is COc1ccc(-c2oc3cc(C)c(Cl)cc3c(=O)c2OCC(=O)Nc2cccc(C(C)=O)c2)cc1OC. The van der Waals surface area contributed by atoms with E-state index in [1.54, 1.807) is 55.5 Å². The Morgan fingerprint density at radius 3 is 2.46 bits per heavy atom. The Balaban J connectivity index is 1.73. The highest BCUT2D eigenvalue weighted by atomic mass is 35.5. The first kappa shape index (κ1) is 25.8. The predicted molar refractivity (Wildman–Crippen MR) is 141 cm³/mol. The Bertz CT molecular complexity index is 1580. The van der Waals surface area contributed by atoms with E-state index in [9.17, 15) is 14.4 Å². The summed E-state index contributed by atoms with van der Waals surface area (Å²) < 4.78 is 22.5. The molecule has 0 spiro atoms. The average Bonchev–Trinajstić information content (AvgIpc) is 2.89. The number of benzene rings is 3. The Morgan fingerprint density at radius 1 is 1.00 bits per heavy atom. The van der Waals surface area contributed by atoms with Crippen molar-refractivity contribution in [1.29, 1.82) is 0 Å². The second kappa shape index (κ2) is 10.8. The van der Waals surface area contributed by atoms with Crippen LogP contribution in [0.1, 0.15) is 22.8 Å². The van der Waals surface area contributed by atoms with E-state index >= 15 is 0 Å². The molecule has 8 nitrogen and oxygen atoms in total. The summed E-state index contributed by atoms with van der Waals surface area (Å²) in [6.07, 6.45) is 0. The molecule has 37 heavy (non-hydrogen) atoms. The van der Waals surface area contributed by atoms with Gasteiger partial charge in [-0.1, -0.05) is 23.7 Å². The summed E-state index contributed by atoms with van der Waals surface area (Å²) in [6.45, 7) is 2.75. The summed E-state index contributed by atoms with van der Waals surface area (Å²) in [5, 5.41) is 3.28. The van der Waals surface area contributed by atoms with Gasteiger partial charge in [-0.15, -0.1) is 0 Å². The zero-order chi connectivity index (χ0) is 26.7. The van der Waals surface area contributed by atoms with Gasteiger partial charge in [0.1, 0.15) is 5.58 Å². The van der Waals surface area contributed by atoms with Crippen LogP contribution in [0.3, 0.4) is 0 Å². The number of nitrogens with one attached hydrogen (secondary N) is 1. The second-order valence-electron chi connectivity index (χ2n) is 8.23. The molecular formula is C28H24ClNO7. The minimum atomic E-state index is -0.527. The van der Waals surface area contributed by atoms with Gasteiger partial charge in [0.05, 0.1) is 19.6 Å². The zero-order valence-corrected chi connectivity index (χ0v) is 21.4. The van der Waals surface area contributed by atoms with Crippen molar-refractivity contribution in [3.8, 4) is 28.6 Å². The molecule has 0 saturated carbocycles. The summed E-state index contributed by atoms with van der Waals surface area (Å²) in [5.41, 5.74) is 1.92. The number of hydrogen-bond donors (Lipinski definition) is 1. The molecular weight excluding hydrogens is 498 g/mol. The Morgan fingerprint density at radius 2 is 1.76 bits per heavy atom. The van der Waals surface area contributed by atoms with Crippen LogP contribution in [0.15, 0.2) is 63.8 Å². The van der Waals surface area contributed by atoms with E-state index in [2.05, 4.69) is 5.32 Å². The van der Waals surface area contributed by atoms with E-state index in [1.807, 2.05) is 0 Å². The van der Waals surface area contributed by atoms with Crippen LogP contribution in [0.25, 0.3) is 22.3 Å². The lowest BCUT2D eigenvalue weighted by atomic mass is 10.1. The van der Waals surface area contributed by atoms with E-state index in [0.29, 0.717) is 38.9 Å². The minimum absolute atomic E-state index is 0.117. The van der Waals surface area contributed by atoms with Crippen LogP contribution < -0.4 is 25.0 Å². The van der Waals surface area contributed by atoms with E-state index < -0.39 is 17.9 Å². The number of aryl methyl sites for hydroxylation is 1. The van der Waals surface area contributed by atoms with E-state index in [0.717, 1.165) is 5.56 Å². The van der Waals surface area contributed by atoms with Gasteiger partial charge in [0.2, 0.25) is 11.2 Å². The lowest BCUT2D eigenvalue weighted by molar-refractivity contribution is -0.118. The molecule has 1 amide bonds. The van der Waals surface area contributed by atoms with Crippen LogP contribution in [0.5, 0.6) is 17.2 Å². The van der Waals surface area contributed by atoms with E-state index in [4.69, 9.17) is 30.2 Å². The van der Waals surface area contributed by atoms with E-state index in [-0.39, 0.29) is 22.7 Å².